The molecule has 0 aliphatic heterocycles. The molecule has 0 amide bonds. The van der Waals surface area contributed by atoms with Crippen molar-refractivity contribution in [1.29, 1.82) is 0 Å². The zero-order chi connectivity index (χ0) is 25.2. The van der Waals surface area contributed by atoms with E-state index in [1.165, 1.54) is 6.92 Å². The molecule has 3 aromatic rings. The smallest absolute Gasteiger partial charge is 0.258 e. The largest absolute Gasteiger partial charge is 0.462 e. The maximum Gasteiger partial charge on any atom is 0.258 e. The van der Waals surface area contributed by atoms with E-state index in [4.69, 9.17) is 9.84 Å². The normalized spacial score (nSPS) is 16.3. The van der Waals surface area contributed by atoms with Crippen LogP contribution >= 0.6 is 0 Å². The van der Waals surface area contributed by atoms with Crippen LogP contribution in [0.4, 0.5) is 0 Å². The number of aliphatic hydroxyl groups is 5. The summed E-state index contributed by atoms with van der Waals surface area (Å²) < 4.78 is 7.12. The van der Waals surface area contributed by atoms with E-state index in [9.17, 15) is 25.2 Å². The first-order valence-electron chi connectivity index (χ1n) is 11.3. The lowest BCUT2D eigenvalue weighted by Gasteiger charge is -2.29. The number of nitrogens with zero attached hydrogens (tertiary/aromatic N) is 1. The van der Waals surface area contributed by atoms with Gasteiger partial charge in [0.1, 0.15) is 18.0 Å². The second-order valence-electron chi connectivity index (χ2n) is 9.04. The van der Waals surface area contributed by atoms with Crippen molar-refractivity contribution < 1.29 is 30.3 Å². The Morgan fingerprint density at radius 1 is 0.882 bits per heavy atom. The molecule has 34 heavy (non-hydrogen) atoms. The SMILES string of the molecule is Cc1cc(-c2ccc3ccn(C(C)C)c(=O)c3c2)ccc1OC(O)C(O)C(O)C(O)C(C)CO. The molecule has 0 saturated carbocycles. The second kappa shape index (κ2) is 10.7. The first kappa shape index (κ1) is 25.9. The second-order valence-corrected chi connectivity index (χ2v) is 9.04. The van der Waals surface area contributed by atoms with E-state index >= 15 is 0 Å². The number of benzene rings is 2. The van der Waals surface area contributed by atoms with Crippen LogP contribution in [0.25, 0.3) is 21.9 Å². The van der Waals surface area contributed by atoms with Crippen LogP contribution < -0.4 is 10.3 Å². The van der Waals surface area contributed by atoms with Crippen molar-refractivity contribution in [3.8, 4) is 16.9 Å². The number of ether oxygens (including phenoxy) is 1. The van der Waals surface area contributed by atoms with Crippen molar-refractivity contribution in [2.45, 2.75) is 58.3 Å². The summed E-state index contributed by atoms with van der Waals surface area (Å²) in [7, 11) is 0. The summed E-state index contributed by atoms with van der Waals surface area (Å²) in [4.78, 5) is 12.9. The average molecular weight is 472 g/mol. The Morgan fingerprint density at radius 3 is 2.15 bits per heavy atom. The molecule has 5 unspecified atom stereocenters. The van der Waals surface area contributed by atoms with Gasteiger partial charge in [0.2, 0.25) is 6.29 Å². The summed E-state index contributed by atoms with van der Waals surface area (Å²) in [6, 6.07) is 12.9. The number of aryl methyl sites for hydroxylation is 1. The first-order chi connectivity index (χ1) is 16.0. The molecule has 0 radical (unpaired) electrons. The van der Waals surface area contributed by atoms with Gasteiger partial charge in [-0.25, -0.2) is 0 Å². The van der Waals surface area contributed by atoms with Gasteiger partial charge >= 0.3 is 0 Å². The molecule has 0 bridgehead atoms. The molecule has 3 rings (SSSR count). The minimum atomic E-state index is -1.80. The zero-order valence-corrected chi connectivity index (χ0v) is 19.8. The molecule has 0 aliphatic carbocycles. The Bertz CT molecular complexity index is 1190. The molecule has 1 aromatic heterocycles. The van der Waals surface area contributed by atoms with Crippen LogP contribution in [-0.4, -0.2) is 61.3 Å². The number of rotatable bonds is 9. The molecular weight excluding hydrogens is 438 g/mol. The van der Waals surface area contributed by atoms with Crippen LogP contribution in [0.1, 0.15) is 32.4 Å². The fourth-order valence-electron chi connectivity index (χ4n) is 3.82. The van der Waals surface area contributed by atoms with Crippen molar-refractivity contribution in [2.24, 2.45) is 5.92 Å². The van der Waals surface area contributed by atoms with Gasteiger partial charge in [0.05, 0.1) is 6.10 Å². The molecule has 2 aromatic carbocycles. The van der Waals surface area contributed by atoms with Gasteiger partial charge in [-0.15, -0.1) is 0 Å². The highest BCUT2D eigenvalue weighted by atomic mass is 16.6. The van der Waals surface area contributed by atoms with E-state index in [0.29, 0.717) is 10.9 Å². The Balaban J connectivity index is 1.83. The maximum atomic E-state index is 12.9. The standard InChI is InChI=1S/C26H33NO7/c1-14(2)27-10-9-17-5-6-19(12-20(17)25(27)32)18-7-8-21(15(3)11-18)34-26(33)24(31)23(30)22(29)16(4)13-28/h5-12,14,16,22-24,26,28-31,33H,13H2,1-4H3. The number of fused-ring (bicyclic) bond motifs is 1. The fourth-order valence-corrected chi connectivity index (χ4v) is 3.82. The molecule has 0 saturated heterocycles. The molecule has 8 nitrogen and oxygen atoms in total. The summed E-state index contributed by atoms with van der Waals surface area (Å²) in [6.45, 7) is 6.79. The van der Waals surface area contributed by atoms with E-state index in [-0.39, 0.29) is 24.0 Å². The van der Waals surface area contributed by atoms with E-state index in [1.807, 2.05) is 44.2 Å². The number of hydrogen-bond donors (Lipinski definition) is 5. The quantitative estimate of drug-likeness (QED) is 0.301. The third kappa shape index (κ3) is 5.32. The molecule has 0 fully saturated rings. The van der Waals surface area contributed by atoms with Gasteiger partial charge in [-0.3, -0.25) is 4.79 Å². The van der Waals surface area contributed by atoms with Crippen LogP contribution in [0.2, 0.25) is 0 Å². The summed E-state index contributed by atoms with van der Waals surface area (Å²) in [6.07, 6.45) is -4.92. The molecule has 5 atom stereocenters. The van der Waals surface area contributed by atoms with E-state index in [0.717, 1.165) is 16.5 Å². The van der Waals surface area contributed by atoms with Crippen molar-refractivity contribution in [3.63, 3.8) is 0 Å². The number of hydrogen-bond acceptors (Lipinski definition) is 7. The van der Waals surface area contributed by atoms with Gasteiger partial charge in [-0.1, -0.05) is 25.1 Å². The van der Waals surface area contributed by atoms with E-state index < -0.39 is 30.5 Å². The van der Waals surface area contributed by atoms with Gasteiger partial charge in [0, 0.05) is 30.1 Å². The van der Waals surface area contributed by atoms with Gasteiger partial charge in [0.15, 0.2) is 0 Å². The summed E-state index contributed by atoms with van der Waals surface area (Å²) in [5.41, 5.74) is 2.29. The van der Waals surface area contributed by atoms with E-state index in [1.54, 1.807) is 29.8 Å². The molecular formula is C26H33NO7. The Labute approximate surface area is 198 Å². The third-order valence-electron chi connectivity index (χ3n) is 6.11. The highest BCUT2D eigenvalue weighted by Gasteiger charge is 2.34. The third-order valence-corrected chi connectivity index (χ3v) is 6.11. The Hall–Kier alpha value is -2.75. The predicted molar refractivity (Wildman–Crippen MR) is 130 cm³/mol. The van der Waals surface area contributed by atoms with Crippen LogP contribution in [0.5, 0.6) is 5.75 Å². The van der Waals surface area contributed by atoms with Crippen molar-refractivity contribution in [1.82, 2.24) is 4.57 Å². The number of aromatic nitrogens is 1. The van der Waals surface area contributed by atoms with Gasteiger partial charge < -0.3 is 34.8 Å². The van der Waals surface area contributed by atoms with Gasteiger partial charge in [0.25, 0.3) is 5.56 Å². The van der Waals surface area contributed by atoms with Crippen LogP contribution in [0.15, 0.2) is 53.5 Å². The fraction of sp³-hybridized carbons (Fsp3) is 0.423. The molecule has 0 aliphatic rings. The first-order valence-corrected chi connectivity index (χ1v) is 11.3. The van der Waals surface area contributed by atoms with Gasteiger partial charge in [-0.2, -0.15) is 0 Å². The maximum absolute atomic E-state index is 12.9. The molecule has 8 heteroatoms. The lowest BCUT2D eigenvalue weighted by atomic mass is 9.96. The highest BCUT2D eigenvalue weighted by Crippen LogP contribution is 2.29. The molecule has 5 N–H and O–H groups in total. The van der Waals surface area contributed by atoms with Gasteiger partial charge in [-0.05, 0) is 67.1 Å². The van der Waals surface area contributed by atoms with Crippen molar-refractivity contribution in [3.05, 3.63) is 64.6 Å². The molecule has 1 heterocycles. The van der Waals surface area contributed by atoms with Crippen LogP contribution in [0.3, 0.4) is 0 Å². The Kier molecular flexibility index (Phi) is 8.12. The zero-order valence-electron chi connectivity index (χ0n) is 19.8. The summed E-state index contributed by atoms with van der Waals surface area (Å²) in [5, 5.41) is 51.1. The molecule has 0 spiro atoms. The summed E-state index contributed by atoms with van der Waals surface area (Å²) >= 11 is 0. The summed E-state index contributed by atoms with van der Waals surface area (Å²) in [5.74, 6) is -0.403. The predicted octanol–water partition coefficient (Wildman–Crippen LogP) is 1.97. The molecule has 184 valence electrons. The van der Waals surface area contributed by atoms with Crippen LogP contribution in [0, 0.1) is 12.8 Å². The number of pyridine rings is 1. The monoisotopic (exact) mass is 471 g/mol. The van der Waals surface area contributed by atoms with Crippen LogP contribution in [-0.2, 0) is 0 Å². The van der Waals surface area contributed by atoms with E-state index in [2.05, 4.69) is 0 Å². The van der Waals surface area contributed by atoms with Crippen molar-refractivity contribution in [2.75, 3.05) is 6.61 Å². The average Bonchev–Trinajstić information content (AvgIpc) is 2.83. The lowest BCUT2D eigenvalue weighted by Crippen LogP contribution is -2.49. The number of aliphatic hydroxyl groups excluding tert-OH is 5. The highest BCUT2D eigenvalue weighted by molar-refractivity contribution is 5.86. The van der Waals surface area contributed by atoms with Crippen molar-refractivity contribution >= 4 is 10.8 Å². The Morgan fingerprint density at radius 2 is 1.53 bits per heavy atom. The minimum Gasteiger partial charge on any atom is -0.462 e. The lowest BCUT2D eigenvalue weighted by molar-refractivity contribution is -0.172. The topological polar surface area (TPSA) is 132 Å². The minimum absolute atomic E-state index is 0.0486.